The summed E-state index contributed by atoms with van der Waals surface area (Å²) in [7, 11) is -5.98. The number of hydrogen-bond donors (Lipinski definition) is 0. The van der Waals surface area contributed by atoms with E-state index in [0.29, 0.717) is 5.02 Å². The van der Waals surface area contributed by atoms with E-state index in [-0.39, 0.29) is 4.90 Å². The van der Waals surface area contributed by atoms with Gasteiger partial charge in [0.05, 0.1) is 4.90 Å². The van der Waals surface area contributed by atoms with Crippen LogP contribution in [0.3, 0.4) is 0 Å². The first-order valence-corrected chi connectivity index (χ1v) is 8.83. The topological polar surface area (TPSA) is 78.9 Å². The Hall–Kier alpha value is -0.430. The minimum Gasteiger partial charge on any atom is -0.312 e. The normalized spacial score (nSPS) is 12.4. The molecule has 20 heavy (non-hydrogen) atoms. The van der Waals surface area contributed by atoms with E-state index in [2.05, 4.69) is 27.4 Å². The van der Waals surface area contributed by atoms with Crippen molar-refractivity contribution in [2.45, 2.75) is 31.6 Å². The van der Waals surface area contributed by atoms with Gasteiger partial charge in [-0.05, 0) is 24.3 Å². The second-order valence-electron chi connectivity index (χ2n) is 3.51. The van der Waals surface area contributed by atoms with Crippen LogP contribution >= 0.6 is 19.9 Å². The Morgan fingerprint density at radius 2 is 1.65 bits per heavy atom. The molecule has 0 saturated heterocycles. The molecule has 0 heterocycles. The Kier molecular flexibility index (Phi) is 10.1. The van der Waals surface area contributed by atoms with Gasteiger partial charge in [-0.15, -0.1) is 4.67 Å². The van der Waals surface area contributed by atoms with Crippen LogP contribution in [0.5, 0.6) is 0 Å². The van der Waals surface area contributed by atoms with Gasteiger partial charge in [0.15, 0.2) is 0 Å². The Morgan fingerprint density at radius 1 is 1.15 bits per heavy atom. The third-order valence-electron chi connectivity index (χ3n) is 1.96. The van der Waals surface area contributed by atoms with Crippen LogP contribution in [-0.4, -0.2) is 15.5 Å². The first kappa shape index (κ1) is 19.6. The average Bonchev–Trinajstić information content (AvgIpc) is 2.45. The molecule has 9 heteroatoms. The van der Waals surface area contributed by atoms with E-state index >= 15 is 0 Å². The molecule has 0 N–H and O–H groups in total. The van der Waals surface area contributed by atoms with E-state index in [1.807, 2.05) is 0 Å². The van der Waals surface area contributed by atoms with Crippen molar-refractivity contribution >= 4 is 30.0 Å². The van der Waals surface area contributed by atoms with E-state index in [0.717, 1.165) is 7.11 Å². The lowest BCUT2D eigenvalue weighted by Gasteiger charge is -2.03. The highest BCUT2D eigenvalue weighted by atomic mass is 35.5. The second-order valence-corrected chi connectivity index (χ2v) is 6.54. The summed E-state index contributed by atoms with van der Waals surface area (Å²) >= 11 is 5.58. The highest BCUT2D eigenvalue weighted by Crippen LogP contribution is 2.25. The molecule has 1 unspecified atom stereocenters. The van der Waals surface area contributed by atoms with Crippen LogP contribution in [0.1, 0.15) is 26.7 Å². The van der Waals surface area contributed by atoms with Gasteiger partial charge in [-0.1, -0.05) is 42.6 Å². The maximum atomic E-state index is 11.4. The first-order chi connectivity index (χ1) is 9.37. The molecule has 0 fully saturated rings. The Labute approximate surface area is 125 Å². The SMILES string of the molecule is CCCC.CO[PH](=O)OOS(=O)(=O)c1ccc(Cl)cc1. The maximum absolute atomic E-state index is 11.4. The molecule has 6 nitrogen and oxygen atoms in total. The van der Waals surface area contributed by atoms with Gasteiger partial charge in [0.1, 0.15) is 0 Å². The van der Waals surface area contributed by atoms with Crippen molar-refractivity contribution in [1.82, 2.24) is 0 Å². The monoisotopic (exact) mass is 344 g/mol. The lowest BCUT2D eigenvalue weighted by atomic mass is 10.4. The van der Waals surface area contributed by atoms with Gasteiger partial charge in [-0.3, -0.25) is 4.57 Å². The van der Waals surface area contributed by atoms with Crippen LogP contribution in [0.25, 0.3) is 0 Å². The van der Waals surface area contributed by atoms with Crippen LogP contribution in [0.4, 0.5) is 0 Å². The van der Waals surface area contributed by atoms with Crippen LogP contribution in [0.2, 0.25) is 5.02 Å². The van der Waals surface area contributed by atoms with Crippen LogP contribution in [-0.2, 0) is 28.2 Å². The molecule has 0 radical (unpaired) electrons. The molecule has 116 valence electrons. The van der Waals surface area contributed by atoms with Crippen molar-refractivity contribution in [2.75, 3.05) is 7.11 Å². The summed E-state index contributed by atoms with van der Waals surface area (Å²) in [6.45, 7) is 4.36. The van der Waals surface area contributed by atoms with Gasteiger partial charge < -0.3 is 4.52 Å². The Morgan fingerprint density at radius 3 is 2.05 bits per heavy atom. The minimum absolute atomic E-state index is 0.164. The molecule has 0 aromatic heterocycles. The Balaban J connectivity index is 0.000000796. The van der Waals surface area contributed by atoms with Crippen LogP contribution in [0, 0.1) is 0 Å². The summed E-state index contributed by atoms with van der Waals surface area (Å²) < 4.78 is 45.8. The first-order valence-electron chi connectivity index (χ1n) is 5.82. The van der Waals surface area contributed by atoms with Crippen molar-refractivity contribution in [3.8, 4) is 0 Å². The van der Waals surface area contributed by atoms with Gasteiger partial charge in [0, 0.05) is 12.1 Å². The van der Waals surface area contributed by atoms with E-state index in [9.17, 15) is 13.0 Å². The number of rotatable bonds is 6. The van der Waals surface area contributed by atoms with E-state index in [4.69, 9.17) is 11.6 Å². The summed E-state index contributed by atoms with van der Waals surface area (Å²) in [5, 5.41) is 0.380. The summed E-state index contributed by atoms with van der Waals surface area (Å²) in [4.78, 5) is -0.164. The van der Waals surface area contributed by atoms with Crippen molar-refractivity contribution in [1.29, 1.82) is 0 Å². The number of halogens is 1. The molecule has 1 atom stereocenters. The predicted octanol–water partition coefficient (Wildman–Crippen LogP) is 3.82. The standard InChI is InChI=1S/C7H8ClO6PS.C4H10/c1-12-15(9)13-14-16(10,11)7-4-2-6(8)3-5-7;1-3-4-2/h2-5,15H,1H3;3-4H2,1-2H3. The lowest BCUT2D eigenvalue weighted by molar-refractivity contribution is -0.0962. The van der Waals surface area contributed by atoms with Gasteiger partial charge >= 0.3 is 18.4 Å². The van der Waals surface area contributed by atoms with Gasteiger partial charge in [-0.25, -0.2) is 0 Å². The average molecular weight is 345 g/mol. The summed E-state index contributed by atoms with van der Waals surface area (Å²) in [6.07, 6.45) is 2.64. The van der Waals surface area contributed by atoms with Crippen molar-refractivity contribution in [2.24, 2.45) is 0 Å². The second kappa shape index (κ2) is 10.3. The molecular formula is C11H18ClO6PS. The molecule has 0 aliphatic rings. The molecular weight excluding hydrogens is 327 g/mol. The molecule has 1 rings (SSSR count). The largest absolute Gasteiger partial charge is 0.348 e. The highest BCUT2D eigenvalue weighted by Gasteiger charge is 2.17. The van der Waals surface area contributed by atoms with Crippen molar-refractivity contribution in [3.05, 3.63) is 29.3 Å². The summed E-state index contributed by atoms with van der Waals surface area (Å²) in [5.41, 5.74) is 0. The molecule has 0 aliphatic heterocycles. The van der Waals surface area contributed by atoms with Crippen molar-refractivity contribution in [3.63, 3.8) is 0 Å². The molecule has 1 aromatic rings. The smallest absolute Gasteiger partial charge is 0.312 e. The van der Waals surface area contributed by atoms with E-state index in [1.165, 1.54) is 37.1 Å². The zero-order chi connectivity index (χ0) is 15.6. The van der Waals surface area contributed by atoms with Gasteiger partial charge in [0.2, 0.25) is 0 Å². The third kappa shape index (κ3) is 7.99. The quantitative estimate of drug-likeness (QED) is 0.443. The molecule has 0 bridgehead atoms. The van der Waals surface area contributed by atoms with Gasteiger partial charge in [-0.2, -0.15) is 8.42 Å². The fourth-order valence-corrected chi connectivity index (χ4v) is 2.07. The Bertz CT molecular complexity index is 500. The highest BCUT2D eigenvalue weighted by molar-refractivity contribution is 7.86. The minimum atomic E-state index is -4.12. The zero-order valence-electron chi connectivity index (χ0n) is 11.5. The molecule has 1 aromatic carbocycles. The van der Waals surface area contributed by atoms with Crippen LogP contribution in [0.15, 0.2) is 29.2 Å². The maximum Gasteiger partial charge on any atom is 0.348 e. The summed E-state index contributed by atoms with van der Waals surface area (Å²) in [6, 6.07) is 5.20. The lowest BCUT2D eigenvalue weighted by Crippen LogP contribution is -2.04. The molecule has 0 aliphatic carbocycles. The predicted molar refractivity (Wildman–Crippen MR) is 77.4 cm³/mol. The van der Waals surface area contributed by atoms with Crippen LogP contribution < -0.4 is 0 Å². The third-order valence-corrected chi connectivity index (χ3v) is 3.98. The number of benzene rings is 1. The van der Waals surface area contributed by atoms with E-state index in [1.54, 1.807) is 0 Å². The van der Waals surface area contributed by atoms with E-state index < -0.39 is 18.4 Å². The zero-order valence-corrected chi connectivity index (χ0v) is 14.0. The molecule has 0 amide bonds. The number of unbranched alkanes of at least 4 members (excludes halogenated alkanes) is 1. The number of hydrogen-bond acceptors (Lipinski definition) is 6. The molecule has 0 spiro atoms. The fraction of sp³-hybridized carbons (Fsp3) is 0.455. The molecule has 0 saturated carbocycles. The van der Waals surface area contributed by atoms with Gasteiger partial charge in [0.25, 0.3) is 0 Å². The fourth-order valence-electron chi connectivity index (χ4n) is 0.747. The summed E-state index contributed by atoms with van der Waals surface area (Å²) in [5.74, 6) is 0. The van der Waals surface area contributed by atoms with Crippen molar-refractivity contribution < 1.29 is 26.5 Å².